The Morgan fingerprint density at radius 3 is 2.30 bits per heavy atom. The van der Waals surface area contributed by atoms with E-state index in [1.54, 1.807) is 12.1 Å². The molecule has 4 aromatic carbocycles. The third-order valence-corrected chi connectivity index (χ3v) is 11.2. The number of fused-ring (bicyclic) bond motifs is 4. The Morgan fingerprint density at radius 1 is 0.825 bits per heavy atom. The van der Waals surface area contributed by atoms with E-state index in [0.29, 0.717) is 56.7 Å². The molecule has 2 heterocycles. The average Bonchev–Trinajstić information content (AvgIpc) is 2.96. The lowest BCUT2D eigenvalue weighted by Crippen LogP contribution is -2.15. The van der Waals surface area contributed by atoms with Gasteiger partial charge in [-0.05, 0) is 72.3 Å². The predicted octanol–water partition coefficient (Wildman–Crippen LogP) is 9.32. The van der Waals surface area contributed by atoms with Crippen molar-refractivity contribution in [2.45, 2.75) is 41.4 Å². The van der Waals surface area contributed by atoms with Crippen LogP contribution < -0.4 is 14.9 Å². The van der Waals surface area contributed by atoms with E-state index in [-0.39, 0.29) is 11.2 Å². The summed E-state index contributed by atoms with van der Waals surface area (Å²) in [6.45, 7) is 5.16. The molecular weight excluding hydrogens is 583 g/mol. The number of hydrogen-bond acceptors (Lipinski definition) is 5. The molecule has 4 nitrogen and oxygen atoms in total. The van der Waals surface area contributed by atoms with Crippen molar-refractivity contribution in [2.75, 3.05) is 13.2 Å². The van der Waals surface area contributed by atoms with Crippen molar-refractivity contribution >= 4 is 71.4 Å². The fraction of sp³-hybridized carbons (Fsp3) is 0.188. The van der Waals surface area contributed by atoms with Crippen molar-refractivity contribution in [3.63, 3.8) is 0 Å². The van der Waals surface area contributed by atoms with Gasteiger partial charge in [0.05, 0.1) is 43.8 Å². The van der Waals surface area contributed by atoms with Gasteiger partial charge < -0.3 is 9.47 Å². The molecule has 1 aromatic heterocycles. The molecule has 0 aliphatic carbocycles. The molecule has 0 saturated heterocycles. The molecule has 1 aliphatic rings. The summed E-state index contributed by atoms with van der Waals surface area (Å²) in [5.74, 6) is 1.21. The highest BCUT2D eigenvalue weighted by Crippen LogP contribution is 2.61. The van der Waals surface area contributed by atoms with Crippen molar-refractivity contribution in [2.24, 2.45) is 0 Å². The number of halogens is 2. The average molecular weight is 610 g/mol. The first-order valence-corrected chi connectivity index (χ1v) is 16.1. The zero-order valence-corrected chi connectivity index (χ0v) is 25.1. The van der Waals surface area contributed by atoms with Crippen LogP contribution in [0.2, 0.25) is 10.0 Å². The zero-order chi connectivity index (χ0) is 28.0. The molecule has 0 radical (unpaired) electrons. The standard InChI is InChI=1S/C32H26Cl2O4S2/c1-3-15-37-23-12-10-21(33)27-30(36)20-17-18(9-14-25(20)39-31(23)27)40-26-8-6-5-7-19(26)29(35)28-22(34)11-13-24(32(28)40)38-16-4-2/h5-14,17,40H,3-4,15-16H2,1-2H3. The second kappa shape index (κ2) is 11.1. The van der Waals surface area contributed by atoms with Crippen LogP contribution in [0.3, 0.4) is 0 Å². The van der Waals surface area contributed by atoms with Crippen molar-refractivity contribution < 1.29 is 14.3 Å². The topological polar surface area (TPSA) is 52.6 Å². The summed E-state index contributed by atoms with van der Waals surface area (Å²) in [7, 11) is -1.25. The fourth-order valence-corrected chi connectivity index (χ4v) is 9.52. The van der Waals surface area contributed by atoms with E-state index in [0.717, 1.165) is 36.9 Å². The van der Waals surface area contributed by atoms with E-state index in [1.165, 1.54) is 11.3 Å². The van der Waals surface area contributed by atoms with Gasteiger partial charge in [-0.3, -0.25) is 9.59 Å². The van der Waals surface area contributed by atoms with Crippen molar-refractivity contribution in [1.82, 2.24) is 0 Å². The molecule has 8 heteroatoms. The summed E-state index contributed by atoms with van der Waals surface area (Å²) >= 11 is 14.8. The summed E-state index contributed by atoms with van der Waals surface area (Å²) in [5, 5.41) is 1.85. The van der Waals surface area contributed by atoms with Crippen molar-refractivity contribution in [3.05, 3.63) is 98.1 Å². The van der Waals surface area contributed by atoms with Crippen LogP contribution >= 0.6 is 45.4 Å². The number of rotatable bonds is 7. The quantitative estimate of drug-likeness (QED) is 0.145. The minimum absolute atomic E-state index is 0.110. The maximum absolute atomic E-state index is 13.9. The molecule has 0 spiro atoms. The minimum atomic E-state index is -1.25. The predicted molar refractivity (Wildman–Crippen MR) is 167 cm³/mol. The second-order valence-corrected chi connectivity index (χ2v) is 13.5. The number of thiol groups is 1. The lowest BCUT2D eigenvalue weighted by molar-refractivity contribution is 0.103. The van der Waals surface area contributed by atoms with Crippen LogP contribution in [0.25, 0.3) is 20.2 Å². The van der Waals surface area contributed by atoms with Gasteiger partial charge in [0.25, 0.3) is 0 Å². The summed E-state index contributed by atoms with van der Waals surface area (Å²) < 4.78 is 13.7. The summed E-state index contributed by atoms with van der Waals surface area (Å²) in [4.78, 5) is 30.3. The summed E-state index contributed by atoms with van der Waals surface area (Å²) in [5.41, 5.74) is 0.965. The first-order valence-electron chi connectivity index (χ1n) is 13.2. The largest absolute Gasteiger partial charge is 0.492 e. The minimum Gasteiger partial charge on any atom is -0.492 e. The SMILES string of the molecule is CCCOc1ccc(Cl)c2c1[SH](c1ccc3sc4c(OCCC)ccc(Cl)c4c(=O)c3c1)c1ccccc1C2=O. The van der Waals surface area contributed by atoms with Crippen LogP contribution in [0.1, 0.15) is 42.6 Å². The molecule has 1 aliphatic heterocycles. The molecule has 1 unspecified atom stereocenters. The number of benzene rings is 4. The van der Waals surface area contributed by atoms with Crippen molar-refractivity contribution in [1.29, 1.82) is 0 Å². The number of ketones is 1. The molecule has 0 saturated carbocycles. The monoisotopic (exact) mass is 608 g/mol. The zero-order valence-electron chi connectivity index (χ0n) is 21.9. The fourth-order valence-electron chi connectivity index (χ4n) is 5.04. The molecule has 0 fully saturated rings. The lowest BCUT2D eigenvalue weighted by atomic mass is 10.0. The molecule has 6 rings (SSSR count). The molecule has 40 heavy (non-hydrogen) atoms. The maximum atomic E-state index is 13.9. The Balaban J connectivity index is 1.62. The molecule has 0 bridgehead atoms. The number of ether oxygens (including phenoxy) is 2. The van der Waals surface area contributed by atoms with E-state index in [9.17, 15) is 9.59 Å². The van der Waals surface area contributed by atoms with Crippen molar-refractivity contribution in [3.8, 4) is 11.5 Å². The molecule has 204 valence electrons. The van der Waals surface area contributed by atoms with E-state index >= 15 is 0 Å². The number of carbonyl (C=O) groups excluding carboxylic acids is 1. The third-order valence-electron chi connectivity index (χ3n) is 6.83. The van der Waals surface area contributed by atoms with Crippen LogP contribution in [0.5, 0.6) is 11.5 Å². The van der Waals surface area contributed by atoms with E-state index in [1.807, 2.05) is 68.4 Å². The van der Waals surface area contributed by atoms with Gasteiger partial charge in [-0.15, -0.1) is 11.3 Å². The summed E-state index contributed by atoms with van der Waals surface area (Å²) in [6.07, 6.45) is 1.69. The number of hydrogen-bond donors (Lipinski definition) is 1. The third kappa shape index (κ3) is 4.47. The van der Waals surface area contributed by atoms with Gasteiger partial charge in [0.2, 0.25) is 0 Å². The molecule has 0 amide bonds. The molecule has 5 aromatic rings. The Kier molecular flexibility index (Phi) is 7.53. The maximum Gasteiger partial charge on any atom is 0.197 e. The smallest absolute Gasteiger partial charge is 0.197 e. The van der Waals surface area contributed by atoms with Crippen LogP contribution in [-0.4, -0.2) is 19.0 Å². The number of carbonyl (C=O) groups is 1. The Hall–Kier alpha value is -3.03. The highest BCUT2D eigenvalue weighted by molar-refractivity contribution is 8.17. The molecule has 0 N–H and O–H groups in total. The van der Waals surface area contributed by atoms with Gasteiger partial charge in [0.1, 0.15) is 11.5 Å². The van der Waals surface area contributed by atoms with Gasteiger partial charge >= 0.3 is 0 Å². The normalized spacial score (nSPS) is 15.2. The van der Waals surface area contributed by atoms with Gasteiger partial charge in [-0.25, -0.2) is 0 Å². The molecular formula is C32H26Cl2O4S2. The Morgan fingerprint density at radius 2 is 1.52 bits per heavy atom. The highest BCUT2D eigenvalue weighted by atomic mass is 35.5. The summed E-state index contributed by atoms with van der Waals surface area (Å²) in [6, 6.07) is 20.8. The van der Waals surface area contributed by atoms with Crippen LogP contribution in [0.15, 0.2) is 86.2 Å². The van der Waals surface area contributed by atoms with Gasteiger partial charge in [-0.2, -0.15) is 10.9 Å². The first-order chi connectivity index (χ1) is 19.4. The second-order valence-electron chi connectivity index (χ2n) is 9.51. The Labute approximate surface area is 248 Å². The first kappa shape index (κ1) is 27.2. The van der Waals surface area contributed by atoms with E-state index in [2.05, 4.69) is 0 Å². The Bertz CT molecular complexity index is 1860. The van der Waals surface area contributed by atoms with Gasteiger partial charge in [-0.1, -0.05) is 49.2 Å². The molecule has 1 atom stereocenters. The lowest BCUT2D eigenvalue weighted by Gasteiger charge is -2.33. The van der Waals surface area contributed by atoms with Crippen LogP contribution in [0.4, 0.5) is 0 Å². The van der Waals surface area contributed by atoms with E-state index in [4.69, 9.17) is 32.7 Å². The van der Waals surface area contributed by atoms with Gasteiger partial charge in [0.15, 0.2) is 11.2 Å². The van der Waals surface area contributed by atoms with Crippen LogP contribution in [-0.2, 0) is 0 Å². The van der Waals surface area contributed by atoms with Crippen LogP contribution in [0, 0.1) is 0 Å². The highest BCUT2D eigenvalue weighted by Gasteiger charge is 2.34. The van der Waals surface area contributed by atoms with E-state index < -0.39 is 10.9 Å². The van der Waals surface area contributed by atoms with Gasteiger partial charge in [0, 0.05) is 20.5 Å².